The summed E-state index contributed by atoms with van der Waals surface area (Å²) in [6.45, 7) is 8.99. The molecule has 0 heterocycles. The van der Waals surface area contributed by atoms with E-state index in [4.69, 9.17) is 0 Å². The minimum atomic E-state index is 0.917. The Bertz CT molecular complexity index is 118. The standard InChI is InChI=1S/C12H24/c1-5-6-9-12(4)10-7-8-11(2)3/h8,12H,5-7,9-10H2,1-4H3/t12-/m0/s1. The second-order valence-corrected chi connectivity index (χ2v) is 4.11. The van der Waals surface area contributed by atoms with E-state index in [0.29, 0.717) is 0 Å². The molecule has 0 aromatic carbocycles. The second-order valence-electron chi connectivity index (χ2n) is 4.11. The molecule has 0 aromatic rings. The van der Waals surface area contributed by atoms with Crippen molar-refractivity contribution in [1.82, 2.24) is 0 Å². The summed E-state index contributed by atoms with van der Waals surface area (Å²) in [7, 11) is 0. The van der Waals surface area contributed by atoms with Crippen LogP contribution in [0.15, 0.2) is 11.6 Å². The Hall–Kier alpha value is -0.260. The summed E-state index contributed by atoms with van der Waals surface area (Å²) >= 11 is 0. The third kappa shape index (κ3) is 7.84. The molecule has 0 fully saturated rings. The summed E-state index contributed by atoms with van der Waals surface area (Å²) in [6, 6.07) is 0. The molecule has 0 radical (unpaired) electrons. The minimum absolute atomic E-state index is 0.917. The zero-order valence-electron chi connectivity index (χ0n) is 9.19. The van der Waals surface area contributed by atoms with Crippen LogP contribution in [0.3, 0.4) is 0 Å². The van der Waals surface area contributed by atoms with Crippen molar-refractivity contribution in [2.45, 2.75) is 59.8 Å². The first-order chi connectivity index (χ1) is 5.66. The molecule has 0 aromatic heterocycles. The van der Waals surface area contributed by atoms with Gasteiger partial charge in [0.05, 0.1) is 0 Å². The van der Waals surface area contributed by atoms with E-state index in [1.165, 1.54) is 37.7 Å². The van der Waals surface area contributed by atoms with Crippen LogP contribution in [-0.2, 0) is 0 Å². The minimum Gasteiger partial charge on any atom is -0.0859 e. The van der Waals surface area contributed by atoms with Gasteiger partial charge in [0.25, 0.3) is 0 Å². The maximum Gasteiger partial charge on any atom is -0.0346 e. The zero-order valence-corrected chi connectivity index (χ0v) is 9.19. The smallest absolute Gasteiger partial charge is 0.0346 e. The zero-order chi connectivity index (χ0) is 9.40. The van der Waals surface area contributed by atoms with Gasteiger partial charge in [-0.1, -0.05) is 44.8 Å². The summed E-state index contributed by atoms with van der Waals surface area (Å²) in [6.07, 6.45) is 9.14. The maximum atomic E-state index is 2.37. The van der Waals surface area contributed by atoms with Gasteiger partial charge in [-0.3, -0.25) is 0 Å². The third-order valence-corrected chi connectivity index (χ3v) is 2.26. The first-order valence-corrected chi connectivity index (χ1v) is 5.30. The lowest BCUT2D eigenvalue weighted by Crippen LogP contribution is -1.93. The Morgan fingerprint density at radius 1 is 1.25 bits per heavy atom. The van der Waals surface area contributed by atoms with E-state index in [-0.39, 0.29) is 0 Å². The molecule has 0 aliphatic heterocycles. The van der Waals surface area contributed by atoms with Crippen LogP contribution in [-0.4, -0.2) is 0 Å². The average molecular weight is 168 g/mol. The van der Waals surface area contributed by atoms with Gasteiger partial charge in [-0.25, -0.2) is 0 Å². The number of unbranched alkanes of at least 4 members (excludes halogenated alkanes) is 1. The van der Waals surface area contributed by atoms with Gasteiger partial charge < -0.3 is 0 Å². The first kappa shape index (κ1) is 11.7. The fraction of sp³-hybridized carbons (Fsp3) is 0.833. The van der Waals surface area contributed by atoms with Crippen molar-refractivity contribution in [3.63, 3.8) is 0 Å². The van der Waals surface area contributed by atoms with Crippen molar-refractivity contribution in [3.8, 4) is 0 Å². The highest BCUT2D eigenvalue weighted by molar-refractivity contribution is 4.92. The molecule has 0 saturated heterocycles. The van der Waals surface area contributed by atoms with Crippen molar-refractivity contribution in [2.75, 3.05) is 0 Å². The summed E-state index contributed by atoms with van der Waals surface area (Å²) in [5, 5.41) is 0. The van der Waals surface area contributed by atoms with Crippen molar-refractivity contribution in [3.05, 3.63) is 11.6 Å². The molecule has 0 saturated carbocycles. The van der Waals surface area contributed by atoms with Crippen LogP contribution in [0.4, 0.5) is 0 Å². The number of allylic oxidation sites excluding steroid dienone is 2. The molecule has 0 N–H and O–H groups in total. The fourth-order valence-electron chi connectivity index (χ4n) is 1.35. The Morgan fingerprint density at radius 3 is 2.42 bits per heavy atom. The molecule has 0 unspecified atom stereocenters. The van der Waals surface area contributed by atoms with E-state index in [9.17, 15) is 0 Å². The van der Waals surface area contributed by atoms with E-state index in [0.717, 1.165) is 5.92 Å². The highest BCUT2D eigenvalue weighted by atomic mass is 14.0. The topological polar surface area (TPSA) is 0 Å². The van der Waals surface area contributed by atoms with Crippen LogP contribution < -0.4 is 0 Å². The summed E-state index contributed by atoms with van der Waals surface area (Å²) in [4.78, 5) is 0. The predicted octanol–water partition coefficient (Wildman–Crippen LogP) is 4.56. The van der Waals surface area contributed by atoms with Crippen molar-refractivity contribution in [2.24, 2.45) is 5.92 Å². The molecule has 1 atom stereocenters. The average Bonchev–Trinajstić information content (AvgIpc) is 2.00. The van der Waals surface area contributed by atoms with Crippen LogP contribution in [0.1, 0.15) is 59.8 Å². The van der Waals surface area contributed by atoms with Crippen LogP contribution in [0.2, 0.25) is 0 Å². The van der Waals surface area contributed by atoms with Gasteiger partial charge in [-0.05, 0) is 32.6 Å². The summed E-state index contributed by atoms with van der Waals surface area (Å²) in [5.41, 5.74) is 1.46. The Kier molecular flexibility index (Phi) is 7.23. The molecule has 72 valence electrons. The number of hydrogen-bond donors (Lipinski definition) is 0. The molecule has 0 nitrogen and oxygen atoms in total. The van der Waals surface area contributed by atoms with Gasteiger partial charge in [0.15, 0.2) is 0 Å². The van der Waals surface area contributed by atoms with Gasteiger partial charge in [0.2, 0.25) is 0 Å². The molecular formula is C12H24. The molecule has 0 rings (SSSR count). The molecule has 0 aliphatic rings. The highest BCUT2D eigenvalue weighted by Crippen LogP contribution is 2.14. The summed E-state index contributed by atoms with van der Waals surface area (Å²) in [5.74, 6) is 0.917. The van der Waals surface area contributed by atoms with Crippen LogP contribution in [0, 0.1) is 5.92 Å². The van der Waals surface area contributed by atoms with Gasteiger partial charge in [-0.2, -0.15) is 0 Å². The monoisotopic (exact) mass is 168 g/mol. The normalized spacial score (nSPS) is 12.7. The number of rotatable bonds is 6. The van der Waals surface area contributed by atoms with E-state index >= 15 is 0 Å². The quantitative estimate of drug-likeness (QED) is 0.510. The van der Waals surface area contributed by atoms with Crippen molar-refractivity contribution >= 4 is 0 Å². The van der Waals surface area contributed by atoms with E-state index in [2.05, 4.69) is 33.8 Å². The van der Waals surface area contributed by atoms with Gasteiger partial charge in [-0.15, -0.1) is 0 Å². The lowest BCUT2D eigenvalue weighted by Gasteiger charge is -2.08. The molecule has 0 amide bonds. The molecule has 0 heteroatoms. The SMILES string of the molecule is CCCC[C@H](C)CCC=C(C)C. The van der Waals surface area contributed by atoms with Crippen LogP contribution >= 0.6 is 0 Å². The van der Waals surface area contributed by atoms with Gasteiger partial charge in [0, 0.05) is 0 Å². The fourth-order valence-corrected chi connectivity index (χ4v) is 1.35. The van der Waals surface area contributed by atoms with Gasteiger partial charge in [0.1, 0.15) is 0 Å². The van der Waals surface area contributed by atoms with Gasteiger partial charge >= 0.3 is 0 Å². The first-order valence-electron chi connectivity index (χ1n) is 5.30. The predicted molar refractivity (Wildman–Crippen MR) is 57.4 cm³/mol. The Morgan fingerprint density at radius 2 is 1.92 bits per heavy atom. The molecule has 0 spiro atoms. The third-order valence-electron chi connectivity index (χ3n) is 2.26. The van der Waals surface area contributed by atoms with E-state index in [1.54, 1.807) is 0 Å². The molecule has 0 aliphatic carbocycles. The summed E-state index contributed by atoms with van der Waals surface area (Å²) < 4.78 is 0. The molecule has 12 heavy (non-hydrogen) atoms. The molecular weight excluding hydrogens is 144 g/mol. The Labute approximate surface area is 78.1 Å². The van der Waals surface area contributed by atoms with Crippen LogP contribution in [0.5, 0.6) is 0 Å². The highest BCUT2D eigenvalue weighted by Gasteiger charge is 1.98. The van der Waals surface area contributed by atoms with Crippen molar-refractivity contribution < 1.29 is 0 Å². The number of hydrogen-bond acceptors (Lipinski definition) is 0. The van der Waals surface area contributed by atoms with E-state index < -0.39 is 0 Å². The molecule has 0 bridgehead atoms. The lowest BCUT2D eigenvalue weighted by atomic mass is 9.98. The van der Waals surface area contributed by atoms with Crippen molar-refractivity contribution in [1.29, 1.82) is 0 Å². The second kappa shape index (κ2) is 7.39. The van der Waals surface area contributed by atoms with E-state index in [1.807, 2.05) is 0 Å². The lowest BCUT2D eigenvalue weighted by molar-refractivity contribution is 0.475. The Balaban J connectivity index is 3.31. The maximum absolute atomic E-state index is 2.37. The largest absolute Gasteiger partial charge is 0.0859 e. The van der Waals surface area contributed by atoms with Crippen LogP contribution in [0.25, 0.3) is 0 Å².